The van der Waals surface area contributed by atoms with E-state index in [1.54, 1.807) is 7.11 Å². The molecule has 1 atom stereocenters. The van der Waals surface area contributed by atoms with Crippen LogP contribution in [0, 0.1) is 5.92 Å². The first-order valence-corrected chi connectivity index (χ1v) is 7.56. The van der Waals surface area contributed by atoms with Crippen molar-refractivity contribution in [2.24, 2.45) is 5.92 Å². The van der Waals surface area contributed by atoms with E-state index in [-0.39, 0.29) is 0 Å². The molecule has 1 saturated carbocycles. The van der Waals surface area contributed by atoms with Crippen LogP contribution in [0.5, 0.6) is 0 Å². The molecular formula is C15H22BrNO. The van der Waals surface area contributed by atoms with Crippen molar-refractivity contribution in [3.63, 3.8) is 0 Å². The van der Waals surface area contributed by atoms with Gasteiger partial charge in [-0.15, -0.1) is 0 Å². The zero-order valence-electron chi connectivity index (χ0n) is 11.0. The van der Waals surface area contributed by atoms with Crippen LogP contribution >= 0.6 is 15.9 Å². The highest BCUT2D eigenvalue weighted by molar-refractivity contribution is 9.10. The van der Waals surface area contributed by atoms with E-state index in [4.69, 9.17) is 4.74 Å². The van der Waals surface area contributed by atoms with Crippen molar-refractivity contribution in [2.75, 3.05) is 26.8 Å². The van der Waals surface area contributed by atoms with Gasteiger partial charge in [0.25, 0.3) is 0 Å². The lowest BCUT2D eigenvalue weighted by atomic mass is 9.73. The molecule has 3 heteroatoms. The van der Waals surface area contributed by atoms with Gasteiger partial charge in [-0.05, 0) is 30.4 Å². The van der Waals surface area contributed by atoms with Gasteiger partial charge in [0.2, 0.25) is 0 Å². The molecule has 1 aromatic rings. The molecule has 100 valence electrons. The van der Waals surface area contributed by atoms with Crippen LogP contribution in [0.15, 0.2) is 28.7 Å². The van der Waals surface area contributed by atoms with E-state index in [0.717, 1.165) is 25.6 Å². The van der Waals surface area contributed by atoms with E-state index in [2.05, 4.69) is 45.5 Å². The number of ether oxygens (including phenoxy) is 1. The van der Waals surface area contributed by atoms with E-state index < -0.39 is 0 Å². The Labute approximate surface area is 118 Å². The Morgan fingerprint density at radius 3 is 2.78 bits per heavy atom. The van der Waals surface area contributed by atoms with Crippen LogP contribution in [-0.4, -0.2) is 26.8 Å². The van der Waals surface area contributed by atoms with Crippen molar-refractivity contribution in [3.8, 4) is 0 Å². The zero-order chi connectivity index (χ0) is 12.8. The molecule has 1 aliphatic carbocycles. The summed E-state index contributed by atoms with van der Waals surface area (Å²) in [4.78, 5) is 0. The zero-order valence-corrected chi connectivity index (χ0v) is 12.6. The lowest BCUT2D eigenvalue weighted by molar-refractivity contribution is 0.194. The number of hydrogen-bond donors (Lipinski definition) is 1. The lowest BCUT2D eigenvalue weighted by Gasteiger charge is -2.35. The molecule has 1 fully saturated rings. The van der Waals surface area contributed by atoms with Crippen LogP contribution in [0.3, 0.4) is 0 Å². The maximum absolute atomic E-state index is 5.08. The molecule has 1 aliphatic rings. The van der Waals surface area contributed by atoms with Crippen LogP contribution in [0.4, 0.5) is 0 Å². The van der Waals surface area contributed by atoms with Gasteiger partial charge in [0.15, 0.2) is 0 Å². The van der Waals surface area contributed by atoms with Gasteiger partial charge in [-0.1, -0.05) is 40.5 Å². The molecule has 1 aromatic carbocycles. The smallest absolute Gasteiger partial charge is 0.0587 e. The van der Waals surface area contributed by atoms with Crippen LogP contribution in [0.1, 0.15) is 30.7 Å². The van der Waals surface area contributed by atoms with Gasteiger partial charge in [0.1, 0.15) is 0 Å². The Hall–Kier alpha value is -0.380. The minimum atomic E-state index is 0.631. The summed E-state index contributed by atoms with van der Waals surface area (Å²) in [5, 5.41) is 3.52. The fraction of sp³-hybridized carbons (Fsp3) is 0.600. The van der Waals surface area contributed by atoms with Gasteiger partial charge in [-0.2, -0.15) is 0 Å². The molecule has 18 heavy (non-hydrogen) atoms. The van der Waals surface area contributed by atoms with E-state index >= 15 is 0 Å². The summed E-state index contributed by atoms with van der Waals surface area (Å²) in [6, 6.07) is 8.63. The molecule has 0 bridgehead atoms. The highest BCUT2D eigenvalue weighted by Crippen LogP contribution is 2.41. The highest BCUT2D eigenvalue weighted by atomic mass is 79.9. The summed E-state index contributed by atoms with van der Waals surface area (Å²) in [7, 11) is 1.75. The highest BCUT2D eigenvalue weighted by Gasteiger charge is 2.29. The molecule has 0 saturated heterocycles. The summed E-state index contributed by atoms with van der Waals surface area (Å²) >= 11 is 3.69. The van der Waals surface area contributed by atoms with Crippen molar-refractivity contribution in [1.82, 2.24) is 5.32 Å². The maximum Gasteiger partial charge on any atom is 0.0587 e. The molecule has 0 aromatic heterocycles. The standard InChI is InChI=1S/C15H22BrNO/c1-18-10-9-17-11-14(12-5-4-6-12)13-7-2-3-8-15(13)16/h2-3,7-8,12,14,17H,4-6,9-11H2,1H3. The molecule has 0 radical (unpaired) electrons. The Morgan fingerprint density at radius 2 is 2.17 bits per heavy atom. The second kappa shape index (κ2) is 7.27. The minimum Gasteiger partial charge on any atom is -0.383 e. The summed E-state index contributed by atoms with van der Waals surface area (Å²) in [6.07, 6.45) is 4.14. The van der Waals surface area contributed by atoms with E-state index in [9.17, 15) is 0 Å². The second-order valence-electron chi connectivity index (χ2n) is 5.02. The van der Waals surface area contributed by atoms with E-state index in [1.807, 2.05) is 0 Å². The van der Waals surface area contributed by atoms with Gasteiger partial charge in [-0.25, -0.2) is 0 Å². The van der Waals surface area contributed by atoms with Crippen molar-refractivity contribution >= 4 is 15.9 Å². The predicted molar refractivity (Wildman–Crippen MR) is 79.0 cm³/mol. The van der Waals surface area contributed by atoms with Crippen LogP contribution < -0.4 is 5.32 Å². The summed E-state index contributed by atoms with van der Waals surface area (Å²) in [5.41, 5.74) is 1.45. The van der Waals surface area contributed by atoms with Crippen molar-refractivity contribution in [3.05, 3.63) is 34.3 Å². The van der Waals surface area contributed by atoms with Crippen molar-refractivity contribution in [1.29, 1.82) is 0 Å². The molecule has 0 aliphatic heterocycles. The number of halogens is 1. The topological polar surface area (TPSA) is 21.3 Å². The van der Waals surface area contributed by atoms with Gasteiger partial charge in [0.05, 0.1) is 6.61 Å². The van der Waals surface area contributed by atoms with Gasteiger partial charge in [0, 0.05) is 30.6 Å². The normalized spacial score (nSPS) is 17.4. The monoisotopic (exact) mass is 311 g/mol. The fourth-order valence-corrected chi connectivity index (χ4v) is 3.16. The molecular weight excluding hydrogens is 290 g/mol. The number of rotatable bonds is 7. The Kier molecular flexibility index (Phi) is 5.67. The SMILES string of the molecule is COCCNCC(c1ccccc1Br)C1CCC1. The third kappa shape index (κ3) is 3.56. The molecule has 1 unspecified atom stereocenters. The Morgan fingerprint density at radius 1 is 1.39 bits per heavy atom. The van der Waals surface area contributed by atoms with Crippen LogP contribution in [0.25, 0.3) is 0 Å². The third-order valence-electron chi connectivity index (χ3n) is 3.87. The molecule has 0 amide bonds. The third-order valence-corrected chi connectivity index (χ3v) is 4.59. The average Bonchev–Trinajstić information content (AvgIpc) is 2.31. The van der Waals surface area contributed by atoms with Gasteiger partial charge in [-0.3, -0.25) is 0 Å². The molecule has 2 nitrogen and oxygen atoms in total. The molecule has 2 rings (SSSR count). The van der Waals surface area contributed by atoms with E-state index in [0.29, 0.717) is 5.92 Å². The Balaban J connectivity index is 1.98. The first-order chi connectivity index (χ1) is 8.83. The number of hydrogen-bond acceptors (Lipinski definition) is 2. The quantitative estimate of drug-likeness (QED) is 0.777. The minimum absolute atomic E-state index is 0.631. The van der Waals surface area contributed by atoms with Gasteiger partial charge < -0.3 is 10.1 Å². The van der Waals surface area contributed by atoms with E-state index in [1.165, 1.54) is 29.3 Å². The van der Waals surface area contributed by atoms with Crippen molar-refractivity contribution in [2.45, 2.75) is 25.2 Å². The Bertz CT molecular complexity index is 365. The second-order valence-corrected chi connectivity index (χ2v) is 5.87. The number of methoxy groups -OCH3 is 1. The predicted octanol–water partition coefficient (Wildman–Crippen LogP) is 3.57. The molecule has 0 spiro atoms. The average molecular weight is 312 g/mol. The van der Waals surface area contributed by atoms with Gasteiger partial charge >= 0.3 is 0 Å². The lowest BCUT2D eigenvalue weighted by Crippen LogP contribution is -2.32. The first kappa shape index (κ1) is 14.0. The van der Waals surface area contributed by atoms with Crippen LogP contribution in [-0.2, 0) is 4.74 Å². The molecule has 0 heterocycles. The summed E-state index contributed by atoms with van der Waals surface area (Å²) < 4.78 is 6.33. The maximum atomic E-state index is 5.08. The number of benzene rings is 1. The van der Waals surface area contributed by atoms with Crippen molar-refractivity contribution < 1.29 is 4.74 Å². The molecule has 1 N–H and O–H groups in total. The summed E-state index contributed by atoms with van der Waals surface area (Å²) in [5.74, 6) is 1.48. The fourth-order valence-electron chi connectivity index (χ4n) is 2.58. The summed E-state index contributed by atoms with van der Waals surface area (Å²) in [6.45, 7) is 2.77. The number of nitrogens with one attached hydrogen (secondary N) is 1. The van der Waals surface area contributed by atoms with Crippen LogP contribution in [0.2, 0.25) is 0 Å². The largest absolute Gasteiger partial charge is 0.383 e. The first-order valence-electron chi connectivity index (χ1n) is 6.77.